The van der Waals surface area contributed by atoms with E-state index in [0.717, 1.165) is 37.9 Å². The first-order valence-electron chi connectivity index (χ1n) is 12.8. The summed E-state index contributed by atoms with van der Waals surface area (Å²) >= 11 is 1.74. The molecule has 1 aromatic carbocycles. The summed E-state index contributed by atoms with van der Waals surface area (Å²) in [6.45, 7) is 6.35. The van der Waals surface area contributed by atoms with Crippen LogP contribution in [0.5, 0.6) is 5.75 Å². The molecule has 1 unspecified atom stereocenters. The number of hydrogen-bond donors (Lipinski definition) is 0. The van der Waals surface area contributed by atoms with Gasteiger partial charge in [-0.1, -0.05) is 38.8 Å². The zero-order chi connectivity index (χ0) is 24.8. The Bertz CT molecular complexity index is 981. The number of hydrogen-bond acceptors (Lipinski definition) is 5. The second-order valence-corrected chi connectivity index (χ2v) is 10.9. The summed E-state index contributed by atoms with van der Waals surface area (Å²) in [5.74, 6) is 1.39. The molecule has 2 aliphatic rings. The van der Waals surface area contributed by atoms with E-state index in [1.54, 1.807) is 23.3 Å². The van der Waals surface area contributed by atoms with E-state index in [9.17, 15) is 9.59 Å². The topological polar surface area (TPSA) is 59.1 Å². The fourth-order valence-electron chi connectivity index (χ4n) is 5.15. The molecule has 1 atom stereocenters. The Hall–Kier alpha value is -2.38. The smallest absolute Gasteiger partial charge is 0.242 e. The number of carbonyl (C=O) groups is 2. The zero-order valence-electron chi connectivity index (χ0n) is 21.2. The lowest BCUT2D eigenvalue weighted by molar-refractivity contribution is -0.145. The quantitative estimate of drug-likeness (QED) is 0.460. The zero-order valence-corrected chi connectivity index (χ0v) is 22.0. The van der Waals surface area contributed by atoms with Crippen LogP contribution >= 0.6 is 11.3 Å². The van der Waals surface area contributed by atoms with Crippen LogP contribution in [0.2, 0.25) is 0 Å². The van der Waals surface area contributed by atoms with Crippen molar-refractivity contribution in [1.29, 1.82) is 0 Å². The van der Waals surface area contributed by atoms with Gasteiger partial charge in [-0.2, -0.15) is 0 Å². The molecular weight excluding hydrogens is 460 g/mol. The van der Waals surface area contributed by atoms with Crippen LogP contribution in [0.3, 0.4) is 0 Å². The maximum Gasteiger partial charge on any atom is 0.242 e. The first-order valence-corrected chi connectivity index (χ1v) is 13.7. The molecule has 2 heterocycles. The highest BCUT2D eigenvalue weighted by Crippen LogP contribution is 2.34. The van der Waals surface area contributed by atoms with Crippen LogP contribution in [0.1, 0.15) is 67.5 Å². The molecule has 2 aromatic rings. The van der Waals surface area contributed by atoms with E-state index in [1.807, 2.05) is 17.0 Å². The summed E-state index contributed by atoms with van der Waals surface area (Å²) in [6.07, 6.45) is 4.86. The minimum Gasteiger partial charge on any atom is -0.491 e. The highest BCUT2D eigenvalue weighted by Gasteiger charge is 2.35. The lowest BCUT2D eigenvalue weighted by atomic mass is 10.00. The number of methoxy groups -OCH3 is 1. The van der Waals surface area contributed by atoms with Gasteiger partial charge in [0, 0.05) is 31.0 Å². The van der Waals surface area contributed by atoms with E-state index < -0.39 is 0 Å². The van der Waals surface area contributed by atoms with Crippen LogP contribution < -0.4 is 4.74 Å². The SMILES string of the molecule is COCCN(CC(=O)N1CCc2sccc2C1COc1ccc(C(C)C)cc1)C(=O)C1CCCC1. The first-order chi connectivity index (χ1) is 17.0. The maximum atomic E-state index is 13.6. The summed E-state index contributed by atoms with van der Waals surface area (Å²) in [7, 11) is 1.63. The third-order valence-electron chi connectivity index (χ3n) is 7.28. The van der Waals surface area contributed by atoms with Gasteiger partial charge in [0.05, 0.1) is 19.2 Å². The van der Waals surface area contributed by atoms with Crippen molar-refractivity contribution in [2.75, 3.05) is 40.0 Å². The molecule has 0 saturated heterocycles. The Morgan fingerprint density at radius 1 is 1.14 bits per heavy atom. The maximum absolute atomic E-state index is 13.6. The molecule has 1 saturated carbocycles. The van der Waals surface area contributed by atoms with Crippen molar-refractivity contribution in [1.82, 2.24) is 9.80 Å². The molecule has 1 aliphatic heterocycles. The van der Waals surface area contributed by atoms with Crippen molar-refractivity contribution in [3.63, 3.8) is 0 Å². The summed E-state index contributed by atoms with van der Waals surface area (Å²) in [5, 5.41) is 2.09. The van der Waals surface area contributed by atoms with E-state index in [2.05, 4.69) is 37.4 Å². The standard InChI is InChI=1S/C28H38N2O4S/c1-20(2)21-8-10-23(11-9-21)34-19-25-24-13-17-35-26(24)12-14-30(25)27(31)18-29(15-16-33-3)28(32)22-6-4-5-7-22/h8-11,13,17,20,22,25H,4-7,12,14-16,18-19H2,1-3H3. The van der Waals surface area contributed by atoms with Gasteiger partial charge in [-0.3, -0.25) is 9.59 Å². The molecule has 35 heavy (non-hydrogen) atoms. The number of ether oxygens (including phenoxy) is 2. The first kappa shape index (κ1) is 25.7. The van der Waals surface area contributed by atoms with Crippen molar-refractivity contribution in [2.24, 2.45) is 5.92 Å². The Morgan fingerprint density at radius 2 is 1.89 bits per heavy atom. The van der Waals surface area contributed by atoms with Crippen LogP contribution in [0, 0.1) is 5.92 Å². The van der Waals surface area contributed by atoms with E-state index in [-0.39, 0.29) is 30.3 Å². The number of amides is 2. The number of nitrogens with zero attached hydrogens (tertiary/aromatic N) is 2. The normalized spacial score (nSPS) is 18.1. The number of fused-ring (bicyclic) bond motifs is 1. The van der Waals surface area contributed by atoms with Crippen molar-refractivity contribution in [2.45, 2.75) is 57.9 Å². The second-order valence-electron chi connectivity index (χ2n) is 9.92. The van der Waals surface area contributed by atoms with Gasteiger partial charge in [0.2, 0.25) is 11.8 Å². The molecule has 6 nitrogen and oxygen atoms in total. The third-order valence-corrected chi connectivity index (χ3v) is 8.27. The molecule has 0 spiro atoms. The van der Waals surface area contributed by atoms with Gasteiger partial charge in [0.1, 0.15) is 12.4 Å². The molecule has 2 amide bonds. The Labute approximate surface area is 213 Å². The van der Waals surface area contributed by atoms with Crippen LogP contribution in [-0.2, 0) is 20.7 Å². The average Bonchev–Trinajstić information content (AvgIpc) is 3.57. The Morgan fingerprint density at radius 3 is 2.57 bits per heavy atom. The molecule has 0 N–H and O–H groups in total. The number of thiophene rings is 1. The van der Waals surface area contributed by atoms with Gasteiger partial charge < -0.3 is 19.3 Å². The molecule has 1 fully saturated rings. The van der Waals surface area contributed by atoms with Crippen LogP contribution in [0.4, 0.5) is 0 Å². The van der Waals surface area contributed by atoms with Crippen LogP contribution in [0.25, 0.3) is 0 Å². The fourth-order valence-corrected chi connectivity index (χ4v) is 6.08. The fraction of sp³-hybridized carbons (Fsp3) is 0.571. The predicted molar refractivity (Wildman–Crippen MR) is 139 cm³/mol. The molecular formula is C28H38N2O4S. The second kappa shape index (κ2) is 12.0. The summed E-state index contributed by atoms with van der Waals surface area (Å²) in [6, 6.07) is 10.2. The summed E-state index contributed by atoms with van der Waals surface area (Å²) in [5.41, 5.74) is 2.44. The van der Waals surface area contributed by atoms with E-state index in [0.29, 0.717) is 32.2 Å². The van der Waals surface area contributed by atoms with Gasteiger partial charge in [0.15, 0.2) is 0 Å². The van der Waals surface area contributed by atoms with Crippen molar-refractivity contribution >= 4 is 23.2 Å². The number of rotatable bonds is 10. The van der Waals surface area contributed by atoms with Crippen molar-refractivity contribution < 1.29 is 19.1 Å². The molecule has 1 aliphatic carbocycles. The van der Waals surface area contributed by atoms with Gasteiger partial charge in [-0.25, -0.2) is 0 Å². The molecule has 0 radical (unpaired) electrons. The molecule has 0 bridgehead atoms. The van der Waals surface area contributed by atoms with Gasteiger partial charge in [-0.05, 0) is 59.9 Å². The summed E-state index contributed by atoms with van der Waals surface area (Å²) in [4.78, 5) is 31.7. The highest BCUT2D eigenvalue weighted by atomic mass is 32.1. The van der Waals surface area contributed by atoms with E-state index in [4.69, 9.17) is 9.47 Å². The molecule has 1 aromatic heterocycles. The Balaban J connectivity index is 1.47. The monoisotopic (exact) mass is 498 g/mol. The minimum atomic E-state index is -0.159. The third kappa shape index (κ3) is 6.25. The van der Waals surface area contributed by atoms with Crippen LogP contribution in [0.15, 0.2) is 35.7 Å². The van der Waals surface area contributed by atoms with Gasteiger partial charge in [0.25, 0.3) is 0 Å². The van der Waals surface area contributed by atoms with E-state index >= 15 is 0 Å². The van der Waals surface area contributed by atoms with Gasteiger partial charge >= 0.3 is 0 Å². The largest absolute Gasteiger partial charge is 0.491 e. The summed E-state index contributed by atoms with van der Waals surface area (Å²) < 4.78 is 11.4. The predicted octanol–water partition coefficient (Wildman–Crippen LogP) is 5.04. The molecule has 7 heteroatoms. The molecule has 4 rings (SSSR count). The minimum absolute atomic E-state index is 0.0203. The van der Waals surface area contributed by atoms with Crippen molar-refractivity contribution in [3.05, 3.63) is 51.7 Å². The highest BCUT2D eigenvalue weighted by molar-refractivity contribution is 7.10. The number of benzene rings is 1. The van der Waals surface area contributed by atoms with Gasteiger partial charge in [-0.15, -0.1) is 11.3 Å². The van der Waals surface area contributed by atoms with Crippen molar-refractivity contribution in [3.8, 4) is 5.75 Å². The lowest BCUT2D eigenvalue weighted by Gasteiger charge is -2.37. The van der Waals surface area contributed by atoms with E-state index in [1.165, 1.54) is 16.0 Å². The molecule has 190 valence electrons. The Kier molecular flexibility index (Phi) is 8.84. The number of carbonyl (C=O) groups excluding carboxylic acids is 2. The van der Waals surface area contributed by atoms with Crippen LogP contribution in [-0.4, -0.2) is 61.6 Å². The average molecular weight is 499 g/mol. The lowest BCUT2D eigenvalue weighted by Crippen LogP contribution is -2.49.